The highest BCUT2D eigenvalue weighted by Gasteiger charge is 2.81. The summed E-state index contributed by atoms with van der Waals surface area (Å²) in [7, 11) is 0. The van der Waals surface area contributed by atoms with E-state index in [9.17, 15) is 89.0 Å². The van der Waals surface area contributed by atoms with Crippen molar-refractivity contribution in [2.45, 2.75) is 364 Å². The minimum absolute atomic E-state index is 0.0193. The molecule has 4 bridgehead atoms. The molecule has 36 heteroatoms. The van der Waals surface area contributed by atoms with Crippen molar-refractivity contribution in [2.75, 3.05) is 39.6 Å². The largest absolute Gasteiger partial charge is 0.513 e. The first-order valence-corrected chi connectivity index (χ1v) is 52.3. The number of ketones is 2. The van der Waals surface area contributed by atoms with Crippen LogP contribution < -0.4 is 4.74 Å². The topological polar surface area (TPSA) is 503 Å². The lowest BCUT2D eigenvalue weighted by molar-refractivity contribution is -0.384. The normalized spacial score (nSPS) is 31.5. The number of rotatable bonds is 38. The molecule has 4 heterocycles. The van der Waals surface area contributed by atoms with Gasteiger partial charge in [0.1, 0.15) is 91.2 Å². The monoisotopic (exact) mass is 2080 g/mol. The molecule has 5 aromatic carbocycles. The molecule has 4 saturated heterocycles. The summed E-state index contributed by atoms with van der Waals surface area (Å²) in [5, 5.41) is 96.8. The van der Waals surface area contributed by atoms with Gasteiger partial charge in [-0.25, -0.2) is 28.8 Å². The third kappa shape index (κ3) is 24.4. The maximum Gasteiger partial charge on any atom is 0.513 e. The number of nitrogens with zero attached hydrogens (tertiary/aromatic N) is 1. The standard InChI is InChI=1S/C61H86O16.C39H46O12.C13H15NO7/c1-8-9-10-11-12-13-14-15-16-17-18-19-20-21-28-33-48-70-36-44(73-48)37-71-57(68)75-51(39(2)42-29-24-22-25-30-42)56(67)74-45-35-61(69)54(76-55(66)43-31-26-23-27-32-43)52-59(7,53(65)50(64)49(40(45)3)58(61,5)6)46(63)34-47-60(52,38-72-47)77-41(4)62;1-20(23-13-9-7-10-14-23)29(42)35(46)49-25-18-39(47)33(50-34(45)24-15-11-8-12-16-24)31-37(6,32(44)30(43)28(21(25)2)36(39,4)5)26(41)17-27-38(31,19-48-27)51-22(3)40;1-2-12-18-7-11(20-12)8-19-13(15)21-10-5-3-9(4-6-10)14(16)17/h22-27,29-32,39,44-48,50-52,54,63-64,69H,8-21,28,33-38H2,1-7H3;7-16,20,25-27,29-31,33,41-43,47H,17-19H2,1-6H3;3-6,11-12H,2,7-8H2,1H3/t39-,44?,45-,46-,47+,48?,50+,51+,52-,54-,59+,60-,61+;20-,25-,26-,27+,29+,30+,31-,33-,37+,38-,39+;/m00./s1. The van der Waals surface area contributed by atoms with Crippen LogP contribution in [0.25, 0.3) is 0 Å². The first-order valence-electron chi connectivity index (χ1n) is 52.3. The van der Waals surface area contributed by atoms with Crippen molar-refractivity contribution in [1.29, 1.82) is 0 Å². The fourth-order valence-electron chi connectivity index (χ4n) is 23.9. The number of nitro groups is 1. The molecule has 4 unspecified atom stereocenters. The van der Waals surface area contributed by atoms with Crippen LogP contribution in [0.1, 0.15) is 275 Å². The van der Waals surface area contributed by atoms with Gasteiger partial charge in [-0.15, -0.1) is 0 Å². The maximum atomic E-state index is 15.2. The van der Waals surface area contributed by atoms with Crippen LogP contribution in [0.5, 0.6) is 5.75 Å². The second kappa shape index (κ2) is 49.3. The third-order valence-corrected chi connectivity index (χ3v) is 32.7. The zero-order valence-corrected chi connectivity index (χ0v) is 87.5. The highest BCUT2D eigenvalue weighted by atomic mass is 16.8. The van der Waals surface area contributed by atoms with Crippen molar-refractivity contribution in [3.63, 3.8) is 0 Å². The molecule has 0 spiro atoms. The predicted octanol–water partition coefficient (Wildman–Crippen LogP) is 15.0. The summed E-state index contributed by atoms with van der Waals surface area (Å²) in [6, 6.07) is 38.8. The zero-order valence-electron chi connectivity index (χ0n) is 87.5. The van der Waals surface area contributed by atoms with Gasteiger partial charge < -0.3 is 112 Å². The van der Waals surface area contributed by atoms with Gasteiger partial charge in [-0.3, -0.25) is 29.3 Å². The van der Waals surface area contributed by atoms with E-state index in [0.29, 0.717) is 17.7 Å². The highest BCUT2D eigenvalue weighted by molar-refractivity contribution is 5.96. The Morgan fingerprint density at radius 3 is 1.26 bits per heavy atom. The van der Waals surface area contributed by atoms with E-state index >= 15 is 4.79 Å². The van der Waals surface area contributed by atoms with Gasteiger partial charge in [0, 0.05) is 74.3 Å². The number of carbonyl (C=O) groups excluding carboxylic acids is 10. The SMILES string of the molecule is CC(=O)O[C@@]12CO[C@@H]1C[C@H](O)[C@@]1(C)C(=O)[C@H](O)C3=C(C)[C@@H](OC(=O)[C@H](O)[C@@H](C)c4ccccc4)C[C@@](O)([C@@H](OC(=O)c4ccccc4)[C@H]21)C3(C)C.CCC1OCC(COC(=O)Oc2ccc([N+](=O)[O-])cc2)O1.CCCCCCCCCCCCCCCCCC1OCC(COC(=O)O[C@@H](C(=O)O[C@H]2C[C@@]3(O)[C@@H](OC(=O)c4ccccc4)[C@@H]4[C@]5(OC(C)=O)CO[C@@H]5C[C@H](O)[C@@]4(C)C(=O)[C@H](O)C(=C2C)C3(C)C)[C@@H](C)c2ccccc2)O1. The molecule has 0 aromatic heterocycles. The molecule has 0 radical (unpaired) electrons. The van der Waals surface area contributed by atoms with Gasteiger partial charge in [0.05, 0.1) is 77.4 Å². The quantitative estimate of drug-likeness (QED) is 0.00367. The summed E-state index contributed by atoms with van der Waals surface area (Å²) in [6.07, 6.45) is -2.63. The number of nitro benzene ring substituents is 1. The number of fused-ring (bicyclic) bond motifs is 10. The second-order valence-corrected chi connectivity index (χ2v) is 42.7. The molecule has 8 fully saturated rings. The molecule has 0 amide bonds. The molecule has 15 rings (SSSR count). The van der Waals surface area contributed by atoms with Gasteiger partial charge in [0.15, 0.2) is 41.5 Å². The van der Waals surface area contributed by atoms with E-state index in [4.69, 9.17) is 75.8 Å². The number of Topliss-reactive ketones (excluding diaryl/α,β-unsaturated/α-hetero) is 2. The first kappa shape index (κ1) is 115. The second-order valence-electron chi connectivity index (χ2n) is 42.7. The predicted molar refractivity (Wildman–Crippen MR) is 534 cm³/mol. The summed E-state index contributed by atoms with van der Waals surface area (Å²) in [5.41, 5.74) is -13.2. The molecule has 7 N–H and O–H groups in total. The molecule has 6 aliphatic carbocycles. The smallest absolute Gasteiger partial charge is 0.456 e. The number of aliphatic hydroxyl groups is 7. The van der Waals surface area contributed by atoms with Gasteiger partial charge in [0.2, 0.25) is 6.10 Å². The summed E-state index contributed by atoms with van der Waals surface area (Å²) >= 11 is 0. The van der Waals surface area contributed by atoms with E-state index in [1.165, 1.54) is 153 Å². The number of benzene rings is 5. The Hall–Kier alpha value is -10.8. The van der Waals surface area contributed by atoms with Crippen LogP contribution in [0.3, 0.4) is 0 Å². The molecule has 26 atom stereocenters. The van der Waals surface area contributed by atoms with Crippen LogP contribution in [0.4, 0.5) is 15.3 Å². The highest BCUT2D eigenvalue weighted by Crippen LogP contribution is 2.67. The van der Waals surface area contributed by atoms with Crippen LogP contribution in [0, 0.1) is 43.6 Å². The van der Waals surface area contributed by atoms with Crippen molar-refractivity contribution >= 4 is 65.4 Å². The summed E-state index contributed by atoms with van der Waals surface area (Å²) in [5.74, 6) is -11.3. The van der Waals surface area contributed by atoms with Gasteiger partial charge in [-0.05, 0) is 117 Å². The van der Waals surface area contributed by atoms with E-state index in [0.717, 1.165) is 32.1 Å². The van der Waals surface area contributed by atoms with Crippen LogP contribution in [-0.4, -0.2) is 260 Å². The van der Waals surface area contributed by atoms with Crippen molar-refractivity contribution in [3.8, 4) is 5.75 Å². The van der Waals surface area contributed by atoms with E-state index < -0.39 is 231 Å². The molecule has 4 aliphatic heterocycles. The Morgan fingerprint density at radius 1 is 0.483 bits per heavy atom. The van der Waals surface area contributed by atoms with Crippen LogP contribution in [0.15, 0.2) is 168 Å². The summed E-state index contributed by atoms with van der Waals surface area (Å²) in [4.78, 5) is 147. The Kier molecular flexibility index (Phi) is 38.1. The number of esters is 6. The fraction of sp³-hybridized carbons (Fsp3) is 0.611. The number of ether oxygens (including phenoxy) is 16. The molecule has 4 saturated carbocycles. The van der Waals surface area contributed by atoms with Crippen molar-refractivity contribution in [2.24, 2.45) is 33.5 Å². The summed E-state index contributed by atoms with van der Waals surface area (Å²) < 4.78 is 92.5. The Balaban J connectivity index is 0.000000218. The van der Waals surface area contributed by atoms with Crippen molar-refractivity contribution in [3.05, 3.63) is 200 Å². The molecular formula is C113H147NO35. The molecule has 10 aliphatic rings. The number of unbranched alkanes of at least 4 members (excludes halogenated alkanes) is 14. The van der Waals surface area contributed by atoms with Gasteiger partial charge in [-0.2, -0.15) is 0 Å². The van der Waals surface area contributed by atoms with Gasteiger partial charge in [-0.1, -0.05) is 242 Å². The van der Waals surface area contributed by atoms with Gasteiger partial charge >= 0.3 is 48.1 Å². The van der Waals surface area contributed by atoms with E-state index in [1.807, 2.05) is 6.92 Å². The Bertz CT molecular complexity index is 5540. The average Bonchev–Trinajstić information content (AvgIpc) is 0.784. The lowest BCUT2D eigenvalue weighted by atomic mass is 9.44. The van der Waals surface area contributed by atoms with Crippen molar-refractivity contribution < 1.29 is 164 Å². The van der Waals surface area contributed by atoms with Crippen LogP contribution >= 0.6 is 0 Å². The van der Waals surface area contributed by atoms with Crippen LogP contribution in [0.2, 0.25) is 0 Å². The van der Waals surface area contributed by atoms with Crippen LogP contribution in [-0.2, 0) is 99.8 Å². The lowest BCUT2D eigenvalue weighted by Gasteiger charge is -2.67. The Morgan fingerprint density at radius 2 is 0.866 bits per heavy atom. The third-order valence-electron chi connectivity index (χ3n) is 32.7. The number of hydrogen-bond donors (Lipinski definition) is 7. The zero-order chi connectivity index (χ0) is 108. The minimum atomic E-state index is -2.34. The maximum absolute atomic E-state index is 15.2. The molecule has 36 nitrogen and oxygen atoms in total. The van der Waals surface area contributed by atoms with Crippen molar-refractivity contribution in [1.82, 2.24) is 0 Å². The fourth-order valence-corrected chi connectivity index (χ4v) is 23.9. The number of carbonyl (C=O) groups is 10. The summed E-state index contributed by atoms with van der Waals surface area (Å²) in [6.45, 7) is 22.1. The molecule has 5 aromatic rings. The van der Waals surface area contributed by atoms with E-state index in [-0.39, 0.29) is 103 Å². The number of hydrogen-bond acceptors (Lipinski definition) is 35. The molecule has 149 heavy (non-hydrogen) atoms. The van der Waals surface area contributed by atoms with Gasteiger partial charge in [0.25, 0.3) is 5.69 Å². The lowest BCUT2D eigenvalue weighted by Crippen LogP contribution is -2.81. The average molecular weight is 2080 g/mol. The molecular weight excluding hydrogens is 1930 g/mol. The minimum Gasteiger partial charge on any atom is -0.456 e. The van der Waals surface area contributed by atoms with E-state index in [2.05, 4.69) is 6.92 Å². The number of aliphatic hydroxyl groups excluding tert-OH is 5. The molecule has 814 valence electrons. The van der Waals surface area contributed by atoms with E-state index in [1.54, 1.807) is 152 Å². The number of non-ortho nitro benzene ring substituents is 1. The Labute approximate surface area is 868 Å². The first-order chi connectivity index (χ1) is 70.8.